The molecule has 462 valence electrons. The summed E-state index contributed by atoms with van der Waals surface area (Å²) in [4.78, 5) is 150. The van der Waals surface area contributed by atoms with Gasteiger partial charge in [-0.3, -0.25) is 43.2 Å². The van der Waals surface area contributed by atoms with Crippen LogP contribution < -0.4 is 65.1 Å². The molecule has 9 amide bonds. The number of carboxylic acid groups (broad SMARTS) is 1. The number of carbonyl (C=O) groups is 11. The molecule has 1 aliphatic rings. The Balaban J connectivity index is 3.94. The number of halogens is 1. The van der Waals surface area contributed by atoms with E-state index in [1.54, 1.807) is 0 Å². The minimum Gasteiger partial charge on any atom is -0.479 e. The molecular weight excluding hydrogens is 1090 g/mol. The third-order valence-corrected chi connectivity index (χ3v) is 13.1. The number of alkyl halides is 1. The first kappa shape index (κ1) is 72.9. The molecule has 0 bridgehead atoms. The summed E-state index contributed by atoms with van der Waals surface area (Å²) in [6.07, 6.45) is 0.389. The van der Waals surface area contributed by atoms with Gasteiger partial charge >= 0.3 is 11.9 Å². The average Bonchev–Trinajstić information content (AvgIpc) is 3.45. The molecule has 1 heterocycles. The van der Waals surface area contributed by atoms with Gasteiger partial charge in [-0.2, -0.15) is 0 Å². The summed E-state index contributed by atoms with van der Waals surface area (Å²) >= 11 is 5.86. The molecule has 1 aliphatic heterocycles. The van der Waals surface area contributed by atoms with E-state index in [9.17, 15) is 83.4 Å². The lowest BCUT2D eigenvalue weighted by molar-refractivity contribution is -0.155. The molecule has 31 heteroatoms. The number of aliphatic carboxylic acids is 1. The number of cyclic esters (lactones) is 1. The Kier molecular flexibility index (Phi) is 36.1. The highest BCUT2D eigenvalue weighted by Gasteiger charge is 2.40. The number of carboxylic acids is 1. The number of amides is 9. The maximum Gasteiger partial charge on any atom is 0.335 e. The summed E-state index contributed by atoms with van der Waals surface area (Å²) in [6, 6.07) is -15.0. The second kappa shape index (κ2) is 40.1. The molecule has 1 saturated heterocycles. The summed E-state index contributed by atoms with van der Waals surface area (Å²) in [5.41, 5.74) is 16.5. The van der Waals surface area contributed by atoms with Crippen LogP contribution in [0.1, 0.15) is 124 Å². The number of nitrogens with two attached hydrogens (primary N) is 3. The number of aliphatic hydroxyl groups excluding tert-OH is 5. The summed E-state index contributed by atoms with van der Waals surface area (Å²) in [6.45, 7) is 1.98. The van der Waals surface area contributed by atoms with Gasteiger partial charge in [-0.15, -0.1) is 11.6 Å². The number of hydrogen-bond donors (Lipinski definition) is 18. The normalized spacial score (nSPS) is 24.9. The number of hydrogen-bond acceptors (Lipinski definition) is 20. The van der Waals surface area contributed by atoms with Gasteiger partial charge in [-0.05, 0) is 72.0 Å². The molecule has 81 heavy (non-hydrogen) atoms. The van der Waals surface area contributed by atoms with Gasteiger partial charge in [0.15, 0.2) is 12.1 Å². The Morgan fingerprint density at radius 1 is 0.642 bits per heavy atom. The van der Waals surface area contributed by atoms with Crippen molar-refractivity contribution in [2.75, 3.05) is 38.7 Å². The quantitative estimate of drug-likeness (QED) is 0.0158. The van der Waals surface area contributed by atoms with Crippen LogP contribution in [0.25, 0.3) is 0 Å². The fourth-order valence-corrected chi connectivity index (χ4v) is 8.25. The fraction of sp³-hybridized carbons (Fsp3) is 0.740. The topological polar surface area (TPSA) is 505 Å². The Hall–Kier alpha value is -6.12. The van der Waals surface area contributed by atoms with E-state index in [4.69, 9.17) is 33.5 Å². The Labute approximate surface area is 475 Å². The van der Waals surface area contributed by atoms with Gasteiger partial charge in [0.05, 0.1) is 30.6 Å². The number of ether oxygens (including phenoxy) is 1. The molecule has 0 aliphatic carbocycles. The van der Waals surface area contributed by atoms with E-state index in [2.05, 4.69) is 44.1 Å². The van der Waals surface area contributed by atoms with E-state index in [1.165, 1.54) is 6.92 Å². The predicted molar refractivity (Wildman–Crippen MR) is 290 cm³/mol. The predicted octanol–water partition coefficient (Wildman–Crippen LogP) is -5.64. The third-order valence-electron chi connectivity index (χ3n) is 12.7. The maximum absolute atomic E-state index is 14.1. The standard InChI is InChI=1S/C50H87ClN12O18/c1-4-6-7-8-9-10-11-12-13-15-28(66)24-36(68)55-34-26-81-50(80)38(35(67)25-51)62-48(77)39(40(69)49(78)79)63-41(70)29(5-2)56-47(76)37(27(3)65)61-45(74)30(16-14-20-52)57-44(73)33(19-23-64)60-43(72)31(17-21-53)58-42(71)32(18-22-54)59-46(34)75/h5,27-28,30-35,37-40,64-67,69H,4,6-26,52-54H2,1-3H3,(H,55,68)(H,56,76)(H,57,73)(H,58,71)(H,59,75)(H,60,72)(H,61,74)(H,62,77)(H,63,70)(H,78,79)/b29-5-. The van der Waals surface area contributed by atoms with Crippen molar-refractivity contribution in [2.45, 2.75) is 196 Å². The smallest absolute Gasteiger partial charge is 0.335 e. The van der Waals surface area contributed by atoms with Crippen LogP contribution in [0, 0.1) is 0 Å². The zero-order valence-corrected chi connectivity index (χ0v) is 47.0. The first-order valence-electron chi connectivity index (χ1n) is 27.2. The van der Waals surface area contributed by atoms with Crippen LogP contribution in [0.15, 0.2) is 11.8 Å². The Morgan fingerprint density at radius 2 is 1.14 bits per heavy atom. The monoisotopic (exact) mass is 1180 g/mol. The van der Waals surface area contributed by atoms with Crippen LogP contribution in [0.5, 0.6) is 0 Å². The van der Waals surface area contributed by atoms with Gasteiger partial charge in [0.2, 0.25) is 47.3 Å². The molecule has 0 spiro atoms. The van der Waals surface area contributed by atoms with Crippen molar-refractivity contribution >= 4 is 76.7 Å². The van der Waals surface area contributed by atoms with Crippen LogP contribution >= 0.6 is 11.6 Å². The third kappa shape index (κ3) is 27.0. The SMILES string of the molecule is C/C=C1\NC(=O)C(C(C)O)NC(=O)C(CCCN)NC(=O)C(CCO)NC(=O)C(CCN)NC(=O)C(CCN)NC(=O)C(NC(=O)CC(O)CCCCCCCCCCC)COC(=O)C(C(O)CCl)NC(=O)C(C(O)C(=O)O)NC1=O. The van der Waals surface area contributed by atoms with Gasteiger partial charge < -0.3 is 100 Å². The molecule has 0 aromatic heterocycles. The minimum absolute atomic E-state index is 0.0187. The van der Waals surface area contributed by atoms with E-state index in [1.807, 2.05) is 10.6 Å². The summed E-state index contributed by atoms with van der Waals surface area (Å²) in [5.74, 6) is -15.4. The molecular formula is C50H87ClN12O18. The zero-order valence-electron chi connectivity index (χ0n) is 46.3. The number of nitrogens with one attached hydrogen (secondary N) is 9. The van der Waals surface area contributed by atoms with E-state index in [0.29, 0.717) is 6.42 Å². The fourth-order valence-electron chi connectivity index (χ4n) is 8.07. The van der Waals surface area contributed by atoms with Crippen LogP contribution in [0.4, 0.5) is 0 Å². The number of aliphatic hydroxyl groups is 5. The highest BCUT2D eigenvalue weighted by atomic mass is 35.5. The lowest BCUT2D eigenvalue weighted by Gasteiger charge is -2.28. The average molecular weight is 1180 g/mol. The first-order chi connectivity index (χ1) is 38.4. The van der Waals surface area contributed by atoms with Crippen molar-refractivity contribution in [1.82, 2.24) is 47.9 Å². The van der Waals surface area contributed by atoms with E-state index in [-0.39, 0.29) is 51.7 Å². The van der Waals surface area contributed by atoms with Crippen molar-refractivity contribution < 1.29 is 88.1 Å². The molecule has 0 aromatic carbocycles. The first-order valence-corrected chi connectivity index (χ1v) is 27.8. The van der Waals surface area contributed by atoms with Crippen LogP contribution in [0.3, 0.4) is 0 Å². The number of unbranched alkanes of at least 4 members (excludes halogenated alkanes) is 8. The number of carbonyl (C=O) groups excluding carboxylic acids is 10. The number of allylic oxidation sites excluding steroid dienone is 1. The summed E-state index contributed by atoms with van der Waals surface area (Å²) in [5, 5.41) is 82.6. The lowest BCUT2D eigenvalue weighted by atomic mass is 10.0. The maximum atomic E-state index is 14.1. The summed E-state index contributed by atoms with van der Waals surface area (Å²) in [7, 11) is 0. The van der Waals surface area contributed by atoms with Gasteiger partial charge in [0, 0.05) is 6.61 Å². The van der Waals surface area contributed by atoms with Crippen LogP contribution in [-0.2, 0) is 57.5 Å². The number of esters is 1. The lowest BCUT2D eigenvalue weighted by Crippen LogP contribution is -2.62. The Morgan fingerprint density at radius 3 is 1.62 bits per heavy atom. The Bertz CT molecular complexity index is 2090. The second-order valence-electron chi connectivity index (χ2n) is 19.4. The largest absolute Gasteiger partial charge is 0.479 e. The van der Waals surface area contributed by atoms with Gasteiger partial charge in [-0.1, -0.05) is 70.8 Å². The van der Waals surface area contributed by atoms with Crippen molar-refractivity contribution in [3.05, 3.63) is 11.8 Å². The van der Waals surface area contributed by atoms with Gasteiger partial charge in [0.1, 0.15) is 54.6 Å². The van der Waals surface area contributed by atoms with Gasteiger partial charge in [0.25, 0.3) is 5.91 Å². The molecule has 0 aromatic rings. The van der Waals surface area contributed by atoms with E-state index < -0.39 is 175 Å². The zero-order chi connectivity index (χ0) is 61.2. The van der Waals surface area contributed by atoms with Crippen LogP contribution in [0.2, 0.25) is 0 Å². The van der Waals surface area contributed by atoms with Crippen molar-refractivity contribution in [3.63, 3.8) is 0 Å². The van der Waals surface area contributed by atoms with Crippen molar-refractivity contribution in [2.24, 2.45) is 17.2 Å². The molecule has 21 N–H and O–H groups in total. The minimum atomic E-state index is -2.81. The highest BCUT2D eigenvalue weighted by molar-refractivity contribution is 6.18. The van der Waals surface area contributed by atoms with E-state index >= 15 is 0 Å². The molecule has 12 unspecified atom stereocenters. The van der Waals surface area contributed by atoms with Crippen LogP contribution in [-0.4, -0.2) is 207 Å². The molecule has 1 rings (SSSR count). The van der Waals surface area contributed by atoms with Crippen molar-refractivity contribution in [1.29, 1.82) is 0 Å². The molecule has 12 atom stereocenters. The van der Waals surface area contributed by atoms with E-state index in [0.717, 1.165) is 64.4 Å². The highest BCUT2D eigenvalue weighted by Crippen LogP contribution is 2.14. The molecule has 1 fully saturated rings. The van der Waals surface area contributed by atoms with Gasteiger partial charge in [-0.25, -0.2) is 9.59 Å². The number of rotatable bonds is 27. The molecule has 0 radical (unpaired) electrons. The summed E-state index contributed by atoms with van der Waals surface area (Å²) < 4.78 is 5.29. The van der Waals surface area contributed by atoms with Crippen molar-refractivity contribution in [3.8, 4) is 0 Å². The second-order valence-corrected chi connectivity index (χ2v) is 19.7. The molecule has 30 nitrogen and oxygen atoms in total. The molecule has 0 saturated carbocycles.